The Kier molecular flexibility index (Phi) is 3.07. The number of hydrogen-bond donors (Lipinski definition) is 2. The summed E-state index contributed by atoms with van der Waals surface area (Å²) in [4.78, 5) is 10.2. The lowest BCUT2D eigenvalue weighted by Crippen LogP contribution is -2.16. The van der Waals surface area contributed by atoms with E-state index in [2.05, 4.69) is 11.8 Å². The molecule has 0 saturated heterocycles. The molecule has 66 valence electrons. The molecular weight excluding hydrogens is 168 g/mol. The van der Waals surface area contributed by atoms with E-state index in [0.717, 1.165) is 0 Å². The van der Waals surface area contributed by atoms with Gasteiger partial charge in [0.05, 0.1) is 0 Å². The summed E-state index contributed by atoms with van der Waals surface area (Å²) in [6, 6.07) is 8.89. The highest BCUT2D eigenvalue weighted by molar-refractivity contribution is 5.75. The quantitative estimate of drug-likeness (QED) is 0.612. The van der Waals surface area contributed by atoms with Crippen LogP contribution in [0.2, 0.25) is 0 Å². The highest BCUT2D eigenvalue weighted by Gasteiger charge is 2.07. The van der Waals surface area contributed by atoms with E-state index in [1.54, 1.807) is 24.3 Å². The standard InChI is InChI=1S/C10H8O3/c11-9(10(12)13)7-6-8-4-2-1-3-5-8/h1-5,9,11H,(H,12,13)/t9-/m1/s1. The fourth-order valence-corrected chi connectivity index (χ4v) is 0.735. The summed E-state index contributed by atoms with van der Waals surface area (Å²) in [5.41, 5.74) is 0.683. The van der Waals surface area contributed by atoms with Gasteiger partial charge in [0.1, 0.15) is 0 Å². The van der Waals surface area contributed by atoms with Crippen molar-refractivity contribution in [1.82, 2.24) is 0 Å². The van der Waals surface area contributed by atoms with Gasteiger partial charge in [-0.05, 0) is 12.1 Å². The number of rotatable bonds is 1. The Labute approximate surface area is 75.6 Å². The molecule has 1 aromatic rings. The number of carboxylic acids is 1. The number of aliphatic carboxylic acids is 1. The smallest absolute Gasteiger partial charge is 0.345 e. The molecule has 1 aromatic carbocycles. The van der Waals surface area contributed by atoms with Gasteiger partial charge in [0.25, 0.3) is 0 Å². The number of carboxylic acid groups (broad SMARTS) is 1. The molecule has 3 heteroatoms. The number of benzene rings is 1. The Bertz CT molecular complexity index is 345. The zero-order valence-electron chi connectivity index (χ0n) is 6.77. The molecule has 13 heavy (non-hydrogen) atoms. The van der Waals surface area contributed by atoms with Gasteiger partial charge in [-0.1, -0.05) is 30.0 Å². The van der Waals surface area contributed by atoms with Crippen molar-refractivity contribution >= 4 is 5.97 Å². The lowest BCUT2D eigenvalue weighted by Gasteiger charge is -1.92. The van der Waals surface area contributed by atoms with Gasteiger partial charge in [-0.3, -0.25) is 0 Å². The largest absolute Gasteiger partial charge is 0.479 e. The molecule has 0 saturated carbocycles. The second-order valence-corrected chi connectivity index (χ2v) is 2.38. The van der Waals surface area contributed by atoms with Gasteiger partial charge in [0, 0.05) is 5.56 Å². The lowest BCUT2D eigenvalue weighted by molar-refractivity contribution is -0.143. The van der Waals surface area contributed by atoms with E-state index >= 15 is 0 Å². The SMILES string of the molecule is O=C(O)[C@H](O)C#Cc1ccccc1. The Morgan fingerprint density at radius 3 is 2.46 bits per heavy atom. The van der Waals surface area contributed by atoms with Crippen LogP contribution in [0, 0.1) is 11.8 Å². The molecule has 0 aliphatic heterocycles. The van der Waals surface area contributed by atoms with Gasteiger partial charge in [0.2, 0.25) is 6.10 Å². The highest BCUT2D eigenvalue weighted by atomic mass is 16.4. The van der Waals surface area contributed by atoms with Crippen LogP contribution in [0.4, 0.5) is 0 Å². The van der Waals surface area contributed by atoms with Crippen molar-refractivity contribution in [2.45, 2.75) is 6.10 Å². The van der Waals surface area contributed by atoms with Crippen LogP contribution in [0.3, 0.4) is 0 Å². The first-order valence-electron chi connectivity index (χ1n) is 3.67. The van der Waals surface area contributed by atoms with E-state index in [0.29, 0.717) is 5.56 Å². The number of carbonyl (C=O) groups is 1. The van der Waals surface area contributed by atoms with Crippen molar-refractivity contribution in [3.05, 3.63) is 35.9 Å². The third kappa shape index (κ3) is 2.97. The minimum atomic E-state index is -1.61. The molecule has 0 spiro atoms. The monoisotopic (exact) mass is 176 g/mol. The number of aliphatic hydroxyl groups is 1. The van der Waals surface area contributed by atoms with Crippen molar-refractivity contribution in [2.75, 3.05) is 0 Å². The molecule has 0 amide bonds. The first-order valence-corrected chi connectivity index (χ1v) is 3.67. The molecule has 3 nitrogen and oxygen atoms in total. The van der Waals surface area contributed by atoms with Crippen LogP contribution in [0.1, 0.15) is 5.56 Å². The van der Waals surface area contributed by atoms with Gasteiger partial charge >= 0.3 is 5.97 Å². The third-order valence-corrected chi connectivity index (χ3v) is 1.36. The Hall–Kier alpha value is -1.79. The summed E-state index contributed by atoms with van der Waals surface area (Å²) in [5.74, 6) is 3.42. The summed E-state index contributed by atoms with van der Waals surface area (Å²) in [5, 5.41) is 17.1. The Balaban J connectivity index is 2.73. The molecule has 1 atom stereocenters. The maximum atomic E-state index is 10.2. The van der Waals surface area contributed by atoms with Crippen molar-refractivity contribution in [3.8, 4) is 11.8 Å². The first-order chi connectivity index (χ1) is 6.20. The van der Waals surface area contributed by atoms with Crippen LogP contribution in [-0.2, 0) is 4.79 Å². The average molecular weight is 176 g/mol. The third-order valence-electron chi connectivity index (χ3n) is 1.36. The van der Waals surface area contributed by atoms with Crippen molar-refractivity contribution < 1.29 is 15.0 Å². The van der Waals surface area contributed by atoms with Crippen LogP contribution < -0.4 is 0 Å². The molecule has 0 aliphatic carbocycles. The molecular formula is C10H8O3. The van der Waals surface area contributed by atoms with E-state index in [1.165, 1.54) is 0 Å². The van der Waals surface area contributed by atoms with Crippen molar-refractivity contribution in [3.63, 3.8) is 0 Å². The Morgan fingerprint density at radius 2 is 1.92 bits per heavy atom. The van der Waals surface area contributed by atoms with Gasteiger partial charge in [0.15, 0.2) is 0 Å². The van der Waals surface area contributed by atoms with E-state index in [9.17, 15) is 4.79 Å². The number of hydrogen-bond acceptors (Lipinski definition) is 2. The summed E-state index contributed by atoms with van der Waals surface area (Å²) >= 11 is 0. The summed E-state index contributed by atoms with van der Waals surface area (Å²) in [7, 11) is 0. The fourth-order valence-electron chi connectivity index (χ4n) is 0.735. The molecule has 0 unspecified atom stereocenters. The zero-order valence-corrected chi connectivity index (χ0v) is 6.77. The second-order valence-electron chi connectivity index (χ2n) is 2.38. The normalized spacial score (nSPS) is 11.2. The molecule has 0 bridgehead atoms. The predicted octanol–water partition coefficient (Wildman–Crippen LogP) is 0.484. The van der Waals surface area contributed by atoms with Crippen LogP contribution in [0.25, 0.3) is 0 Å². The fraction of sp³-hybridized carbons (Fsp3) is 0.100. The van der Waals surface area contributed by atoms with Gasteiger partial charge < -0.3 is 10.2 Å². The van der Waals surface area contributed by atoms with Crippen molar-refractivity contribution in [2.24, 2.45) is 0 Å². The van der Waals surface area contributed by atoms with Gasteiger partial charge in [-0.2, -0.15) is 0 Å². The maximum absolute atomic E-state index is 10.2. The summed E-state index contributed by atoms with van der Waals surface area (Å²) in [6.07, 6.45) is -1.61. The van der Waals surface area contributed by atoms with Crippen LogP contribution in [0.15, 0.2) is 30.3 Å². The zero-order chi connectivity index (χ0) is 9.68. The van der Waals surface area contributed by atoms with E-state index < -0.39 is 12.1 Å². The lowest BCUT2D eigenvalue weighted by atomic mass is 10.2. The first kappa shape index (κ1) is 9.30. The van der Waals surface area contributed by atoms with E-state index in [-0.39, 0.29) is 0 Å². The second kappa shape index (κ2) is 4.29. The minimum Gasteiger partial charge on any atom is -0.479 e. The van der Waals surface area contributed by atoms with Crippen molar-refractivity contribution in [1.29, 1.82) is 0 Å². The number of aliphatic hydroxyl groups excluding tert-OH is 1. The average Bonchev–Trinajstić information content (AvgIpc) is 2.15. The molecule has 2 N–H and O–H groups in total. The predicted molar refractivity (Wildman–Crippen MR) is 47.0 cm³/mol. The molecule has 0 aromatic heterocycles. The molecule has 0 fully saturated rings. The van der Waals surface area contributed by atoms with Gasteiger partial charge in [-0.15, -0.1) is 0 Å². The summed E-state index contributed by atoms with van der Waals surface area (Å²) < 4.78 is 0. The molecule has 0 aliphatic rings. The maximum Gasteiger partial charge on any atom is 0.345 e. The molecule has 0 heterocycles. The van der Waals surface area contributed by atoms with E-state index in [4.69, 9.17) is 10.2 Å². The molecule has 1 rings (SSSR count). The summed E-state index contributed by atoms with van der Waals surface area (Å²) in [6.45, 7) is 0. The highest BCUT2D eigenvalue weighted by Crippen LogP contribution is 1.95. The molecule has 0 radical (unpaired) electrons. The van der Waals surface area contributed by atoms with Crippen LogP contribution >= 0.6 is 0 Å². The van der Waals surface area contributed by atoms with Gasteiger partial charge in [-0.25, -0.2) is 4.79 Å². The minimum absolute atomic E-state index is 0.683. The van der Waals surface area contributed by atoms with Crippen LogP contribution in [-0.4, -0.2) is 22.3 Å². The van der Waals surface area contributed by atoms with E-state index in [1.807, 2.05) is 6.07 Å². The van der Waals surface area contributed by atoms with Crippen LogP contribution in [0.5, 0.6) is 0 Å². The Morgan fingerprint density at radius 1 is 1.31 bits per heavy atom. The topological polar surface area (TPSA) is 57.5 Å².